The van der Waals surface area contributed by atoms with Crippen LogP contribution in [0.4, 0.5) is 10.9 Å². The second-order valence-corrected chi connectivity index (χ2v) is 9.58. The molecule has 7 nitrogen and oxygen atoms in total. The molecule has 0 spiro atoms. The summed E-state index contributed by atoms with van der Waals surface area (Å²) in [4.78, 5) is 40.5. The van der Waals surface area contributed by atoms with Gasteiger partial charge in [0.05, 0.1) is 12.1 Å². The number of benzene rings is 1. The minimum atomic E-state index is -0.0693. The summed E-state index contributed by atoms with van der Waals surface area (Å²) in [6.45, 7) is 3.40. The van der Waals surface area contributed by atoms with Crippen molar-refractivity contribution >= 4 is 34.0 Å². The number of carbonyl (C=O) groups excluding carboxylic acids is 2. The fourth-order valence-electron chi connectivity index (χ4n) is 4.56. The van der Waals surface area contributed by atoms with Gasteiger partial charge in [-0.2, -0.15) is 0 Å². The quantitative estimate of drug-likeness (QED) is 0.567. The summed E-state index contributed by atoms with van der Waals surface area (Å²) < 4.78 is 0. The summed E-state index contributed by atoms with van der Waals surface area (Å²) in [7, 11) is 0. The van der Waals surface area contributed by atoms with Crippen molar-refractivity contribution in [2.45, 2.75) is 25.7 Å². The summed E-state index contributed by atoms with van der Waals surface area (Å²) >= 11 is 1.58. The summed E-state index contributed by atoms with van der Waals surface area (Å²) in [6.07, 6.45) is 7.60. The molecule has 2 aliphatic rings. The average molecular weight is 462 g/mol. The second kappa shape index (κ2) is 9.80. The lowest BCUT2D eigenvalue weighted by Crippen LogP contribution is -2.49. The highest BCUT2D eigenvalue weighted by atomic mass is 32.1. The first-order valence-corrected chi connectivity index (χ1v) is 12.3. The van der Waals surface area contributed by atoms with Crippen molar-refractivity contribution in [3.63, 3.8) is 0 Å². The third kappa shape index (κ3) is 4.82. The Kier molecular flexibility index (Phi) is 6.46. The number of thiophene rings is 1. The predicted molar refractivity (Wildman–Crippen MR) is 130 cm³/mol. The van der Waals surface area contributed by atoms with Gasteiger partial charge in [0.25, 0.3) is 0 Å². The lowest BCUT2D eigenvalue weighted by atomic mass is 9.92. The number of rotatable bonds is 6. The molecule has 1 amide bonds. The number of hydrogen-bond acceptors (Lipinski definition) is 7. The van der Waals surface area contributed by atoms with E-state index in [1.165, 1.54) is 4.88 Å². The molecule has 0 atom stereocenters. The van der Waals surface area contributed by atoms with Crippen LogP contribution in [0.1, 0.15) is 39.2 Å². The lowest BCUT2D eigenvalue weighted by molar-refractivity contribution is -0.117. The Labute approximate surface area is 197 Å². The third-order valence-electron chi connectivity index (χ3n) is 6.26. The van der Waals surface area contributed by atoms with Crippen LogP contribution in [0.3, 0.4) is 0 Å². The smallest absolute Gasteiger partial charge is 0.239 e. The zero-order valence-electron chi connectivity index (χ0n) is 18.5. The van der Waals surface area contributed by atoms with Crippen LogP contribution in [0, 0.1) is 0 Å². The topological polar surface area (TPSA) is 78.4 Å². The maximum Gasteiger partial charge on any atom is 0.239 e. The number of nitrogens with one attached hydrogen (secondary N) is 1. The number of carbonyl (C=O) groups is 2. The molecule has 1 fully saturated rings. The molecule has 1 aliphatic heterocycles. The Balaban J connectivity index is 1.27. The summed E-state index contributed by atoms with van der Waals surface area (Å²) in [5, 5.41) is 3.79. The van der Waals surface area contributed by atoms with Gasteiger partial charge in [0, 0.05) is 49.0 Å². The van der Waals surface area contributed by atoms with Gasteiger partial charge >= 0.3 is 0 Å². The van der Waals surface area contributed by atoms with E-state index >= 15 is 0 Å². The Bertz CT molecular complexity index is 1120. The zero-order valence-corrected chi connectivity index (χ0v) is 19.3. The molecule has 33 heavy (non-hydrogen) atoms. The van der Waals surface area contributed by atoms with E-state index in [-0.39, 0.29) is 11.7 Å². The maximum atomic E-state index is 13.4. The van der Waals surface area contributed by atoms with Gasteiger partial charge in [-0.05, 0) is 37.3 Å². The van der Waals surface area contributed by atoms with Crippen LogP contribution in [0.25, 0.3) is 0 Å². The first kappa shape index (κ1) is 21.7. The number of nitrogens with zero attached hydrogens (tertiary/aromatic N) is 4. The van der Waals surface area contributed by atoms with Gasteiger partial charge in [0.2, 0.25) is 11.9 Å². The number of amides is 1. The second-order valence-electron chi connectivity index (χ2n) is 8.47. The van der Waals surface area contributed by atoms with Crippen molar-refractivity contribution in [1.82, 2.24) is 14.9 Å². The van der Waals surface area contributed by atoms with E-state index in [4.69, 9.17) is 0 Å². The minimum Gasteiger partial charge on any atom is -0.338 e. The molecule has 0 saturated carbocycles. The maximum absolute atomic E-state index is 13.4. The van der Waals surface area contributed by atoms with Crippen molar-refractivity contribution in [3.05, 3.63) is 70.4 Å². The van der Waals surface area contributed by atoms with Crippen LogP contribution in [-0.2, 0) is 17.6 Å². The number of hydrogen-bond donors (Lipinski definition) is 1. The number of aryl methyl sites for hydroxylation is 1. The number of ketones is 1. The lowest BCUT2D eigenvalue weighted by Gasteiger charge is -2.34. The van der Waals surface area contributed by atoms with Gasteiger partial charge in [0.1, 0.15) is 5.00 Å². The van der Waals surface area contributed by atoms with Gasteiger partial charge in [-0.1, -0.05) is 30.3 Å². The molecular weight excluding hydrogens is 434 g/mol. The molecule has 0 bridgehead atoms. The zero-order chi connectivity index (χ0) is 22.6. The standard InChI is InChI=1S/C25H27N5O2S/c31-21(17-29-13-15-30(16-14-29)25-26-11-6-12-27-25)28-24-22(19-9-4-5-10-20(19)33-24)23(32)18-7-2-1-3-8-18/h1-3,6-8,11-12H,4-5,9-10,13-17H2,(H,28,31). The molecule has 170 valence electrons. The van der Waals surface area contributed by atoms with E-state index in [2.05, 4.69) is 25.1 Å². The summed E-state index contributed by atoms with van der Waals surface area (Å²) in [5.74, 6) is 0.664. The molecule has 0 radical (unpaired) electrons. The van der Waals surface area contributed by atoms with E-state index in [9.17, 15) is 9.59 Å². The monoisotopic (exact) mass is 461 g/mol. The number of aromatic nitrogens is 2. The van der Waals surface area contributed by atoms with Gasteiger partial charge < -0.3 is 10.2 Å². The van der Waals surface area contributed by atoms with Crippen LogP contribution in [-0.4, -0.2) is 59.3 Å². The van der Waals surface area contributed by atoms with Crippen LogP contribution in [0.5, 0.6) is 0 Å². The number of piperazine rings is 1. The Morgan fingerprint density at radius 2 is 1.67 bits per heavy atom. The van der Waals surface area contributed by atoms with Crippen molar-refractivity contribution < 1.29 is 9.59 Å². The van der Waals surface area contributed by atoms with Crippen LogP contribution in [0.15, 0.2) is 48.8 Å². The minimum absolute atomic E-state index is 0.00164. The van der Waals surface area contributed by atoms with E-state index in [0.29, 0.717) is 22.7 Å². The Morgan fingerprint density at radius 1 is 0.939 bits per heavy atom. The highest BCUT2D eigenvalue weighted by Crippen LogP contribution is 2.39. The van der Waals surface area contributed by atoms with E-state index in [1.54, 1.807) is 23.7 Å². The number of fused-ring (bicyclic) bond motifs is 1. The average Bonchev–Trinajstić information content (AvgIpc) is 3.22. The van der Waals surface area contributed by atoms with Crippen LogP contribution < -0.4 is 10.2 Å². The first-order valence-electron chi connectivity index (χ1n) is 11.5. The van der Waals surface area contributed by atoms with Gasteiger partial charge in [-0.3, -0.25) is 14.5 Å². The molecule has 3 heterocycles. The fraction of sp³-hybridized carbons (Fsp3) is 0.360. The molecule has 8 heteroatoms. The molecule has 0 unspecified atom stereocenters. The normalized spacial score (nSPS) is 16.3. The SMILES string of the molecule is O=C(CN1CCN(c2ncccn2)CC1)Nc1sc2c(c1C(=O)c1ccccc1)CCCC2. The first-order chi connectivity index (χ1) is 16.2. The molecule has 1 aromatic carbocycles. The highest BCUT2D eigenvalue weighted by molar-refractivity contribution is 7.17. The summed E-state index contributed by atoms with van der Waals surface area (Å²) in [5.41, 5.74) is 2.49. The molecule has 3 aromatic rings. The van der Waals surface area contributed by atoms with Crippen LogP contribution in [0.2, 0.25) is 0 Å². The van der Waals surface area contributed by atoms with Crippen LogP contribution >= 0.6 is 11.3 Å². The highest BCUT2D eigenvalue weighted by Gasteiger charge is 2.28. The van der Waals surface area contributed by atoms with Gasteiger partial charge in [0.15, 0.2) is 5.78 Å². The van der Waals surface area contributed by atoms with Gasteiger partial charge in [-0.25, -0.2) is 9.97 Å². The Morgan fingerprint density at radius 3 is 2.42 bits per heavy atom. The van der Waals surface area contributed by atoms with E-state index in [1.807, 2.05) is 36.4 Å². The van der Waals surface area contributed by atoms with Crippen molar-refractivity contribution in [1.29, 1.82) is 0 Å². The van der Waals surface area contributed by atoms with Crippen molar-refractivity contribution in [2.75, 3.05) is 42.9 Å². The van der Waals surface area contributed by atoms with E-state index < -0.39 is 0 Å². The third-order valence-corrected chi connectivity index (χ3v) is 7.47. The molecule has 1 saturated heterocycles. The molecule has 2 aromatic heterocycles. The molecule has 1 aliphatic carbocycles. The Hall–Kier alpha value is -3.10. The molecule has 1 N–H and O–H groups in total. The van der Waals surface area contributed by atoms with Crippen molar-refractivity contribution in [2.24, 2.45) is 0 Å². The fourth-order valence-corrected chi connectivity index (χ4v) is 5.86. The predicted octanol–water partition coefficient (Wildman–Crippen LogP) is 3.41. The largest absolute Gasteiger partial charge is 0.338 e. The van der Waals surface area contributed by atoms with E-state index in [0.717, 1.165) is 63.4 Å². The summed E-state index contributed by atoms with van der Waals surface area (Å²) in [6, 6.07) is 11.2. The number of anilines is 2. The van der Waals surface area contributed by atoms with Gasteiger partial charge in [-0.15, -0.1) is 11.3 Å². The molecular formula is C25H27N5O2S. The van der Waals surface area contributed by atoms with Crippen molar-refractivity contribution in [3.8, 4) is 0 Å². The molecule has 5 rings (SSSR count).